The average Bonchev–Trinajstić information content (AvgIpc) is 1.67. The van der Waals surface area contributed by atoms with Crippen LogP contribution in [0, 0.1) is 5.92 Å². The Bertz CT molecular complexity index is 80.6. The van der Waals surface area contributed by atoms with Gasteiger partial charge in [-0.1, -0.05) is 20.3 Å². The first kappa shape index (κ1) is 7.47. The van der Waals surface area contributed by atoms with E-state index in [1.54, 1.807) is 0 Å². The minimum Gasteiger partial charge on any atom is -0.369 e. The summed E-state index contributed by atoms with van der Waals surface area (Å²) in [6.45, 7) is 3.89. The van der Waals surface area contributed by atoms with Crippen molar-refractivity contribution in [3.8, 4) is 0 Å². The Kier molecular flexibility index (Phi) is 3.24. The summed E-state index contributed by atoms with van der Waals surface area (Å²) >= 11 is 0. The normalized spacial score (nSPS) is 13.2. The SMILES string of the molecule is CCC[C@H](C)C(N)=O. The highest BCUT2D eigenvalue weighted by atomic mass is 16.1. The highest BCUT2D eigenvalue weighted by Crippen LogP contribution is 2.01. The van der Waals surface area contributed by atoms with Crippen molar-refractivity contribution in [3.05, 3.63) is 0 Å². The lowest BCUT2D eigenvalue weighted by atomic mass is 10.1. The summed E-state index contributed by atoms with van der Waals surface area (Å²) in [7, 11) is 0. The zero-order valence-electron chi connectivity index (χ0n) is 5.48. The van der Waals surface area contributed by atoms with Gasteiger partial charge in [-0.25, -0.2) is 0 Å². The van der Waals surface area contributed by atoms with E-state index in [4.69, 9.17) is 5.73 Å². The molecule has 0 fully saturated rings. The predicted octanol–water partition coefficient (Wildman–Crippen LogP) is 0.908. The van der Waals surface area contributed by atoms with Crippen LogP contribution in [0.1, 0.15) is 26.7 Å². The molecule has 0 aliphatic heterocycles. The number of hydrogen-bond donors (Lipinski definition) is 1. The zero-order valence-corrected chi connectivity index (χ0v) is 5.48. The number of rotatable bonds is 3. The summed E-state index contributed by atoms with van der Waals surface area (Å²) in [5, 5.41) is 0. The molecule has 0 rings (SSSR count). The van der Waals surface area contributed by atoms with E-state index < -0.39 is 0 Å². The number of primary amides is 1. The third-order valence-corrected chi connectivity index (χ3v) is 1.21. The highest BCUT2D eigenvalue weighted by molar-refractivity contribution is 5.76. The molecule has 0 aliphatic rings. The first-order valence-electron chi connectivity index (χ1n) is 2.97. The molecule has 0 aromatic heterocycles. The maximum absolute atomic E-state index is 10.3. The van der Waals surface area contributed by atoms with Crippen LogP contribution >= 0.6 is 0 Å². The van der Waals surface area contributed by atoms with Crippen LogP contribution in [0.15, 0.2) is 0 Å². The molecule has 0 unspecified atom stereocenters. The highest BCUT2D eigenvalue weighted by Gasteiger charge is 2.04. The summed E-state index contributed by atoms with van der Waals surface area (Å²) in [4.78, 5) is 10.3. The smallest absolute Gasteiger partial charge is 0.220 e. The van der Waals surface area contributed by atoms with Crippen LogP contribution < -0.4 is 5.73 Å². The van der Waals surface area contributed by atoms with Gasteiger partial charge in [0.2, 0.25) is 5.91 Å². The van der Waals surface area contributed by atoms with Crippen LogP contribution in [-0.2, 0) is 4.79 Å². The third kappa shape index (κ3) is 2.61. The molecule has 0 bridgehead atoms. The molecular weight excluding hydrogens is 102 g/mol. The molecule has 2 N–H and O–H groups in total. The fourth-order valence-electron chi connectivity index (χ4n) is 0.575. The van der Waals surface area contributed by atoms with Crippen LogP contribution in [0.25, 0.3) is 0 Å². The quantitative estimate of drug-likeness (QED) is 0.583. The number of amides is 1. The second kappa shape index (κ2) is 3.47. The topological polar surface area (TPSA) is 43.1 Å². The Morgan fingerprint density at radius 2 is 2.25 bits per heavy atom. The van der Waals surface area contributed by atoms with E-state index >= 15 is 0 Å². The van der Waals surface area contributed by atoms with Crippen molar-refractivity contribution in [2.75, 3.05) is 0 Å². The van der Waals surface area contributed by atoms with Crippen molar-refractivity contribution >= 4 is 5.91 Å². The molecule has 1 atom stereocenters. The first-order valence-corrected chi connectivity index (χ1v) is 2.97. The maximum atomic E-state index is 10.3. The van der Waals surface area contributed by atoms with E-state index in [0.717, 1.165) is 12.8 Å². The van der Waals surface area contributed by atoms with E-state index in [0.29, 0.717) is 0 Å². The summed E-state index contributed by atoms with van der Waals surface area (Å²) in [5.41, 5.74) is 4.98. The van der Waals surface area contributed by atoms with Crippen molar-refractivity contribution in [3.63, 3.8) is 0 Å². The molecule has 0 spiro atoms. The molecule has 2 heteroatoms. The molecule has 0 saturated carbocycles. The fourth-order valence-corrected chi connectivity index (χ4v) is 0.575. The Morgan fingerprint density at radius 1 is 1.75 bits per heavy atom. The average molecular weight is 115 g/mol. The Labute approximate surface area is 50.1 Å². The molecule has 0 saturated heterocycles. The van der Waals surface area contributed by atoms with Gasteiger partial charge < -0.3 is 5.73 Å². The fraction of sp³-hybridized carbons (Fsp3) is 0.833. The first-order chi connectivity index (χ1) is 3.68. The molecule has 0 aromatic carbocycles. The molecule has 0 radical (unpaired) electrons. The van der Waals surface area contributed by atoms with Gasteiger partial charge in [-0.05, 0) is 6.42 Å². The lowest BCUT2D eigenvalue weighted by Crippen LogP contribution is -2.19. The minimum absolute atomic E-state index is 0.0556. The van der Waals surface area contributed by atoms with Crippen LogP contribution in [0.4, 0.5) is 0 Å². The Morgan fingerprint density at radius 3 is 2.38 bits per heavy atom. The van der Waals surface area contributed by atoms with Gasteiger partial charge in [-0.15, -0.1) is 0 Å². The zero-order chi connectivity index (χ0) is 6.57. The molecule has 0 aliphatic carbocycles. The number of carbonyl (C=O) groups is 1. The van der Waals surface area contributed by atoms with Crippen LogP contribution in [0.2, 0.25) is 0 Å². The van der Waals surface area contributed by atoms with Gasteiger partial charge in [0.25, 0.3) is 0 Å². The molecule has 1 amide bonds. The largest absolute Gasteiger partial charge is 0.369 e. The van der Waals surface area contributed by atoms with E-state index in [9.17, 15) is 4.79 Å². The predicted molar refractivity (Wildman–Crippen MR) is 33.3 cm³/mol. The van der Waals surface area contributed by atoms with Gasteiger partial charge in [0, 0.05) is 5.92 Å². The second-order valence-corrected chi connectivity index (χ2v) is 2.09. The van der Waals surface area contributed by atoms with E-state index in [1.165, 1.54) is 0 Å². The van der Waals surface area contributed by atoms with Gasteiger partial charge in [0.1, 0.15) is 0 Å². The van der Waals surface area contributed by atoms with Gasteiger partial charge >= 0.3 is 0 Å². The van der Waals surface area contributed by atoms with Gasteiger partial charge in [-0.3, -0.25) is 4.79 Å². The van der Waals surface area contributed by atoms with Crippen LogP contribution in [0.5, 0.6) is 0 Å². The van der Waals surface area contributed by atoms with Crippen molar-refractivity contribution in [1.82, 2.24) is 0 Å². The lowest BCUT2D eigenvalue weighted by molar-refractivity contribution is -0.121. The van der Waals surface area contributed by atoms with E-state index in [2.05, 4.69) is 0 Å². The van der Waals surface area contributed by atoms with Crippen LogP contribution in [0.3, 0.4) is 0 Å². The molecule has 8 heavy (non-hydrogen) atoms. The van der Waals surface area contributed by atoms with Crippen molar-refractivity contribution in [2.24, 2.45) is 11.7 Å². The van der Waals surface area contributed by atoms with Crippen LogP contribution in [-0.4, -0.2) is 5.91 Å². The summed E-state index contributed by atoms with van der Waals surface area (Å²) < 4.78 is 0. The van der Waals surface area contributed by atoms with Crippen molar-refractivity contribution in [1.29, 1.82) is 0 Å². The van der Waals surface area contributed by atoms with Gasteiger partial charge in [0.15, 0.2) is 0 Å². The van der Waals surface area contributed by atoms with Crippen molar-refractivity contribution < 1.29 is 4.79 Å². The van der Waals surface area contributed by atoms with Gasteiger partial charge in [0.05, 0.1) is 0 Å². The molecule has 0 heterocycles. The minimum atomic E-state index is -0.188. The lowest BCUT2D eigenvalue weighted by Gasteiger charge is -2.01. The number of hydrogen-bond acceptors (Lipinski definition) is 1. The Hall–Kier alpha value is -0.530. The molecule has 48 valence electrons. The van der Waals surface area contributed by atoms with E-state index in [-0.39, 0.29) is 11.8 Å². The second-order valence-electron chi connectivity index (χ2n) is 2.09. The Balaban J connectivity index is 3.32. The third-order valence-electron chi connectivity index (χ3n) is 1.21. The maximum Gasteiger partial charge on any atom is 0.220 e. The summed E-state index contributed by atoms with van der Waals surface area (Å²) in [5.74, 6) is -0.133. The monoisotopic (exact) mass is 115 g/mol. The summed E-state index contributed by atoms with van der Waals surface area (Å²) in [6, 6.07) is 0. The number of nitrogens with two attached hydrogens (primary N) is 1. The molecule has 0 aromatic rings. The number of carbonyl (C=O) groups excluding carboxylic acids is 1. The van der Waals surface area contributed by atoms with E-state index in [1.807, 2.05) is 13.8 Å². The molecule has 2 nitrogen and oxygen atoms in total. The standard InChI is InChI=1S/C6H13NO/c1-3-4-5(2)6(7)8/h5H,3-4H2,1-2H3,(H2,7,8)/t5-/m0/s1. The van der Waals surface area contributed by atoms with Crippen molar-refractivity contribution in [2.45, 2.75) is 26.7 Å². The molecular formula is C6H13NO. The summed E-state index contributed by atoms with van der Waals surface area (Å²) in [6.07, 6.45) is 1.94. The van der Waals surface area contributed by atoms with Gasteiger partial charge in [-0.2, -0.15) is 0 Å².